The molecule has 0 saturated carbocycles. The van der Waals surface area contributed by atoms with Gasteiger partial charge in [0.1, 0.15) is 11.0 Å². The van der Waals surface area contributed by atoms with Crippen molar-refractivity contribution in [1.29, 1.82) is 0 Å². The Morgan fingerprint density at radius 2 is 2.04 bits per heavy atom. The molecule has 8 heteroatoms. The summed E-state index contributed by atoms with van der Waals surface area (Å²) >= 11 is 7.26. The quantitative estimate of drug-likeness (QED) is 0.705. The van der Waals surface area contributed by atoms with Crippen LogP contribution in [0.1, 0.15) is 40.0 Å². The minimum Gasteiger partial charge on any atom is -0.344 e. The fourth-order valence-corrected chi connectivity index (χ4v) is 3.30. The molecule has 0 aliphatic heterocycles. The van der Waals surface area contributed by atoms with Gasteiger partial charge in [0.2, 0.25) is 16.9 Å². The van der Waals surface area contributed by atoms with Crippen molar-refractivity contribution in [3.63, 3.8) is 0 Å². The highest BCUT2D eigenvalue weighted by Gasteiger charge is 2.26. The van der Waals surface area contributed by atoms with Crippen molar-refractivity contribution < 1.29 is 9.59 Å². The molecular formula is C18H23ClN4O2S. The van der Waals surface area contributed by atoms with E-state index in [-0.39, 0.29) is 17.7 Å². The lowest BCUT2D eigenvalue weighted by molar-refractivity contribution is -0.127. The summed E-state index contributed by atoms with van der Waals surface area (Å²) in [6, 6.07) is 6.69. The number of nitrogens with one attached hydrogen (secondary N) is 2. The Balaban J connectivity index is 2.10. The highest BCUT2D eigenvalue weighted by Crippen LogP contribution is 2.28. The van der Waals surface area contributed by atoms with E-state index in [4.69, 9.17) is 11.6 Å². The highest BCUT2D eigenvalue weighted by molar-refractivity contribution is 7.18. The second-order valence-electron chi connectivity index (χ2n) is 6.09. The minimum absolute atomic E-state index is 0.0103. The SMILES string of the molecule is CCCC(=O)N[C@H](C(=O)Nc1nnc(-c2cccc(Cl)c2)s1)[C@@H](C)CC. The second kappa shape index (κ2) is 9.64. The van der Waals surface area contributed by atoms with Crippen LogP contribution in [0.4, 0.5) is 5.13 Å². The van der Waals surface area contributed by atoms with Crippen LogP contribution in [-0.2, 0) is 9.59 Å². The molecule has 2 N–H and O–H groups in total. The predicted molar refractivity (Wildman–Crippen MR) is 105 cm³/mol. The van der Waals surface area contributed by atoms with Gasteiger partial charge in [-0.05, 0) is 24.5 Å². The number of carbonyl (C=O) groups excluding carboxylic acids is 2. The van der Waals surface area contributed by atoms with Crippen LogP contribution >= 0.6 is 22.9 Å². The Morgan fingerprint density at radius 1 is 1.27 bits per heavy atom. The van der Waals surface area contributed by atoms with Gasteiger partial charge in [-0.25, -0.2) is 0 Å². The van der Waals surface area contributed by atoms with Crippen LogP contribution in [-0.4, -0.2) is 28.1 Å². The minimum atomic E-state index is -0.599. The van der Waals surface area contributed by atoms with Gasteiger partial charge in [-0.1, -0.05) is 62.3 Å². The van der Waals surface area contributed by atoms with Crippen molar-refractivity contribution in [3.8, 4) is 10.6 Å². The molecule has 2 atom stereocenters. The van der Waals surface area contributed by atoms with E-state index in [1.807, 2.05) is 32.9 Å². The topological polar surface area (TPSA) is 84.0 Å². The van der Waals surface area contributed by atoms with E-state index >= 15 is 0 Å². The van der Waals surface area contributed by atoms with E-state index in [1.54, 1.807) is 12.1 Å². The summed E-state index contributed by atoms with van der Waals surface area (Å²) in [7, 11) is 0. The number of halogens is 1. The second-order valence-corrected chi connectivity index (χ2v) is 7.51. The van der Waals surface area contributed by atoms with Crippen molar-refractivity contribution in [3.05, 3.63) is 29.3 Å². The van der Waals surface area contributed by atoms with Gasteiger partial charge in [0.05, 0.1) is 0 Å². The summed E-state index contributed by atoms with van der Waals surface area (Å²) in [6.45, 7) is 5.85. The number of rotatable bonds is 8. The molecule has 0 saturated heterocycles. The Morgan fingerprint density at radius 3 is 2.69 bits per heavy atom. The van der Waals surface area contributed by atoms with E-state index in [2.05, 4.69) is 20.8 Å². The molecule has 0 unspecified atom stereocenters. The van der Waals surface area contributed by atoms with Crippen molar-refractivity contribution in [2.75, 3.05) is 5.32 Å². The Kier molecular flexibility index (Phi) is 7.53. The summed E-state index contributed by atoms with van der Waals surface area (Å²) in [5, 5.41) is 15.4. The van der Waals surface area contributed by atoms with Crippen molar-refractivity contribution in [2.24, 2.45) is 5.92 Å². The predicted octanol–water partition coefficient (Wildman–Crippen LogP) is 4.13. The summed E-state index contributed by atoms with van der Waals surface area (Å²) in [4.78, 5) is 24.6. The maximum absolute atomic E-state index is 12.6. The lowest BCUT2D eigenvalue weighted by atomic mass is 9.98. The molecule has 2 amide bonds. The number of hydrogen-bond donors (Lipinski definition) is 2. The van der Waals surface area contributed by atoms with Gasteiger partial charge < -0.3 is 5.32 Å². The molecule has 1 heterocycles. The van der Waals surface area contributed by atoms with Crippen LogP contribution in [0.3, 0.4) is 0 Å². The third-order valence-corrected chi connectivity index (χ3v) is 5.14. The first kappa shape index (κ1) is 20.3. The van der Waals surface area contributed by atoms with E-state index in [0.717, 1.165) is 18.4 Å². The van der Waals surface area contributed by atoms with Crippen LogP contribution in [0.5, 0.6) is 0 Å². The number of amides is 2. The van der Waals surface area contributed by atoms with Crippen molar-refractivity contribution >= 4 is 39.9 Å². The highest BCUT2D eigenvalue weighted by atomic mass is 35.5. The van der Waals surface area contributed by atoms with Gasteiger partial charge in [-0.3, -0.25) is 14.9 Å². The largest absolute Gasteiger partial charge is 0.344 e. The van der Waals surface area contributed by atoms with Crippen LogP contribution in [0.25, 0.3) is 10.6 Å². The number of carbonyl (C=O) groups is 2. The number of nitrogens with zero attached hydrogens (tertiary/aromatic N) is 2. The maximum atomic E-state index is 12.6. The standard InChI is InChI=1S/C18H23ClN4O2S/c1-4-7-14(24)20-15(11(3)5-2)16(25)21-18-23-22-17(26-18)12-8-6-9-13(19)10-12/h6,8-11,15H,4-5,7H2,1-3H3,(H,20,24)(H,21,23,25)/t11-,15-/m0/s1. The van der Waals surface area contributed by atoms with Crippen molar-refractivity contribution in [2.45, 2.75) is 46.1 Å². The molecule has 26 heavy (non-hydrogen) atoms. The number of anilines is 1. The van der Waals surface area contributed by atoms with Gasteiger partial charge in [-0.15, -0.1) is 10.2 Å². The van der Waals surface area contributed by atoms with E-state index in [1.165, 1.54) is 11.3 Å². The van der Waals surface area contributed by atoms with E-state index in [0.29, 0.717) is 21.6 Å². The molecule has 0 fully saturated rings. The number of hydrogen-bond acceptors (Lipinski definition) is 5. The fraction of sp³-hybridized carbons (Fsp3) is 0.444. The zero-order valence-corrected chi connectivity index (χ0v) is 16.7. The summed E-state index contributed by atoms with van der Waals surface area (Å²) in [5.74, 6) is -0.390. The normalized spacial score (nSPS) is 13.1. The third-order valence-electron chi connectivity index (χ3n) is 4.02. The third kappa shape index (κ3) is 5.51. The van der Waals surface area contributed by atoms with Crippen LogP contribution in [0.15, 0.2) is 24.3 Å². The lowest BCUT2D eigenvalue weighted by Crippen LogP contribution is -2.47. The summed E-state index contributed by atoms with van der Waals surface area (Å²) < 4.78 is 0. The number of benzene rings is 1. The van der Waals surface area contributed by atoms with Crippen LogP contribution in [0.2, 0.25) is 5.02 Å². The molecule has 140 valence electrons. The lowest BCUT2D eigenvalue weighted by Gasteiger charge is -2.22. The summed E-state index contributed by atoms with van der Waals surface area (Å²) in [6.07, 6.45) is 1.91. The molecule has 1 aromatic heterocycles. The van der Waals surface area contributed by atoms with Gasteiger partial charge in [-0.2, -0.15) is 0 Å². The Hall–Kier alpha value is -1.99. The molecular weight excluding hydrogens is 372 g/mol. The Bertz CT molecular complexity index is 765. The van der Waals surface area contributed by atoms with Gasteiger partial charge >= 0.3 is 0 Å². The molecule has 6 nitrogen and oxygen atoms in total. The molecule has 0 spiro atoms. The van der Waals surface area contributed by atoms with Gasteiger partial charge in [0, 0.05) is 17.0 Å². The van der Waals surface area contributed by atoms with Crippen LogP contribution < -0.4 is 10.6 Å². The average molecular weight is 395 g/mol. The average Bonchev–Trinajstić information content (AvgIpc) is 3.07. The first-order chi connectivity index (χ1) is 12.4. The zero-order valence-electron chi connectivity index (χ0n) is 15.1. The first-order valence-electron chi connectivity index (χ1n) is 8.64. The monoisotopic (exact) mass is 394 g/mol. The molecule has 0 aliphatic rings. The maximum Gasteiger partial charge on any atom is 0.249 e. The molecule has 0 aliphatic carbocycles. The smallest absolute Gasteiger partial charge is 0.249 e. The van der Waals surface area contributed by atoms with Gasteiger partial charge in [0.25, 0.3) is 0 Å². The molecule has 0 radical (unpaired) electrons. The van der Waals surface area contributed by atoms with Crippen LogP contribution in [0, 0.1) is 5.92 Å². The fourth-order valence-electron chi connectivity index (χ4n) is 2.37. The molecule has 1 aromatic carbocycles. The van der Waals surface area contributed by atoms with E-state index in [9.17, 15) is 9.59 Å². The first-order valence-corrected chi connectivity index (χ1v) is 9.83. The van der Waals surface area contributed by atoms with Crippen molar-refractivity contribution in [1.82, 2.24) is 15.5 Å². The molecule has 0 bridgehead atoms. The zero-order chi connectivity index (χ0) is 19.1. The number of aromatic nitrogens is 2. The van der Waals surface area contributed by atoms with Gasteiger partial charge in [0.15, 0.2) is 0 Å². The summed E-state index contributed by atoms with van der Waals surface area (Å²) in [5.41, 5.74) is 0.838. The molecule has 2 rings (SSSR count). The van der Waals surface area contributed by atoms with E-state index < -0.39 is 6.04 Å². The molecule has 2 aromatic rings. The Labute approximate surface area is 162 Å².